The summed E-state index contributed by atoms with van der Waals surface area (Å²) in [6.45, 7) is 5.61. The lowest BCUT2D eigenvalue weighted by atomic mass is 9.86. The first-order valence-electron chi connectivity index (χ1n) is 13.1. The molecule has 7 heteroatoms. The van der Waals surface area contributed by atoms with Gasteiger partial charge in [0.1, 0.15) is 0 Å². The average molecular weight is 500 g/mol. The Kier molecular flexibility index (Phi) is 7.42. The highest BCUT2D eigenvalue weighted by Crippen LogP contribution is 2.40. The Labute approximate surface area is 212 Å². The highest BCUT2D eigenvalue weighted by Gasteiger charge is 2.39. The van der Waals surface area contributed by atoms with Crippen molar-refractivity contribution in [3.05, 3.63) is 70.8 Å². The molecule has 2 aromatic carbocycles. The van der Waals surface area contributed by atoms with Gasteiger partial charge in [0.05, 0.1) is 12.0 Å². The first-order valence-corrected chi connectivity index (χ1v) is 13.1. The first kappa shape index (κ1) is 25.3. The van der Waals surface area contributed by atoms with Gasteiger partial charge >= 0.3 is 6.18 Å². The Hall–Kier alpha value is -2.35. The van der Waals surface area contributed by atoms with Crippen LogP contribution in [0.3, 0.4) is 0 Å². The maximum absolute atomic E-state index is 13.0. The lowest BCUT2D eigenvalue weighted by Gasteiger charge is -2.32. The number of hydrogen-bond donors (Lipinski definition) is 1. The monoisotopic (exact) mass is 499 g/mol. The van der Waals surface area contributed by atoms with Gasteiger partial charge in [-0.25, -0.2) is 0 Å². The van der Waals surface area contributed by atoms with Crippen molar-refractivity contribution < 1.29 is 18.3 Å². The van der Waals surface area contributed by atoms with Gasteiger partial charge in [-0.3, -0.25) is 9.80 Å². The third kappa shape index (κ3) is 5.79. The zero-order valence-corrected chi connectivity index (χ0v) is 21.0. The zero-order chi connectivity index (χ0) is 25.3. The van der Waals surface area contributed by atoms with E-state index < -0.39 is 18.2 Å². The minimum absolute atomic E-state index is 0.0695. The zero-order valence-electron chi connectivity index (χ0n) is 21.0. The third-order valence-electron chi connectivity index (χ3n) is 8.03. The molecule has 2 aromatic rings. The topological polar surface area (TPSA) is 30.0 Å². The van der Waals surface area contributed by atoms with Crippen LogP contribution in [0.25, 0.3) is 5.57 Å². The van der Waals surface area contributed by atoms with E-state index >= 15 is 0 Å². The second-order valence-corrected chi connectivity index (χ2v) is 10.7. The summed E-state index contributed by atoms with van der Waals surface area (Å²) < 4.78 is 39.1. The molecule has 0 fully saturated rings. The van der Waals surface area contributed by atoms with Crippen LogP contribution in [-0.4, -0.2) is 67.0 Å². The number of aliphatic hydroxyl groups excluding tert-OH is 1. The molecule has 2 unspecified atom stereocenters. The molecular formula is C29H36F3N3O. The van der Waals surface area contributed by atoms with E-state index in [0.29, 0.717) is 19.5 Å². The van der Waals surface area contributed by atoms with Crippen molar-refractivity contribution in [3.8, 4) is 0 Å². The molecule has 0 spiro atoms. The molecular weight excluding hydrogens is 463 g/mol. The Balaban J connectivity index is 1.21. The lowest BCUT2D eigenvalue weighted by molar-refractivity contribution is -0.175. The fourth-order valence-corrected chi connectivity index (χ4v) is 5.90. The van der Waals surface area contributed by atoms with Crippen LogP contribution in [0.1, 0.15) is 41.5 Å². The number of likely N-dealkylation sites (N-methyl/N-ethyl adjacent to an activating group) is 1. The molecule has 0 saturated carbocycles. The van der Waals surface area contributed by atoms with Gasteiger partial charge in [0.25, 0.3) is 0 Å². The smallest absolute Gasteiger partial charge is 0.390 e. The van der Waals surface area contributed by atoms with E-state index in [1.807, 2.05) is 0 Å². The SMILES string of the molecule is CN1CCN(CC(O)CN2CCc3ccccc3C2)Cc2ccc(C3=CCC(C(F)(F)F)CC3)cc21. The quantitative estimate of drug-likeness (QED) is 0.620. The van der Waals surface area contributed by atoms with Crippen LogP contribution >= 0.6 is 0 Å². The van der Waals surface area contributed by atoms with Gasteiger partial charge in [-0.05, 0) is 59.6 Å². The van der Waals surface area contributed by atoms with Crippen LogP contribution in [0.4, 0.5) is 18.9 Å². The molecule has 5 rings (SSSR count). The Bertz CT molecular complexity index is 1100. The number of hydrogen-bond acceptors (Lipinski definition) is 4. The summed E-state index contributed by atoms with van der Waals surface area (Å²) in [7, 11) is 2.07. The molecule has 4 nitrogen and oxygen atoms in total. The van der Waals surface area contributed by atoms with Gasteiger partial charge in [0, 0.05) is 58.5 Å². The number of anilines is 1. The van der Waals surface area contributed by atoms with Gasteiger partial charge in [-0.2, -0.15) is 13.2 Å². The normalized spacial score (nSPS) is 22.4. The highest BCUT2D eigenvalue weighted by molar-refractivity contribution is 5.71. The molecule has 36 heavy (non-hydrogen) atoms. The molecule has 2 heterocycles. The average Bonchev–Trinajstić information content (AvgIpc) is 3.01. The van der Waals surface area contributed by atoms with Crippen LogP contribution in [0.5, 0.6) is 0 Å². The molecule has 0 amide bonds. The Morgan fingerprint density at radius 2 is 1.64 bits per heavy atom. The molecule has 3 aliphatic rings. The predicted molar refractivity (Wildman–Crippen MR) is 138 cm³/mol. The second kappa shape index (κ2) is 10.6. The molecule has 0 radical (unpaired) electrons. The minimum Gasteiger partial charge on any atom is -0.390 e. The van der Waals surface area contributed by atoms with Gasteiger partial charge < -0.3 is 10.0 Å². The number of aliphatic hydroxyl groups is 1. The van der Waals surface area contributed by atoms with E-state index in [1.54, 1.807) is 6.08 Å². The van der Waals surface area contributed by atoms with E-state index in [2.05, 4.69) is 64.2 Å². The van der Waals surface area contributed by atoms with Crippen LogP contribution in [-0.2, 0) is 19.5 Å². The minimum atomic E-state index is -4.11. The maximum atomic E-state index is 13.0. The number of β-amino-alcohol motifs (C(OH)–C–C–N with tert-alkyl or cyclic N) is 1. The van der Waals surface area contributed by atoms with Crippen molar-refractivity contribution in [2.24, 2.45) is 5.92 Å². The van der Waals surface area contributed by atoms with Crippen molar-refractivity contribution in [3.63, 3.8) is 0 Å². The largest absolute Gasteiger partial charge is 0.392 e. The lowest BCUT2D eigenvalue weighted by Crippen LogP contribution is -2.42. The van der Waals surface area contributed by atoms with Crippen molar-refractivity contribution in [2.45, 2.75) is 51.1 Å². The number of fused-ring (bicyclic) bond motifs is 2. The van der Waals surface area contributed by atoms with E-state index in [1.165, 1.54) is 16.7 Å². The molecule has 194 valence electrons. The molecule has 1 aliphatic carbocycles. The number of allylic oxidation sites excluding steroid dienone is 2. The van der Waals surface area contributed by atoms with Crippen LogP contribution in [0.2, 0.25) is 0 Å². The second-order valence-electron chi connectivity index (χ2n) is 10.7. The molecule has 2 atom stereocenters. The van der Waals surface area contributed by atoms with Gasteiger partial charge in [-0.15, -0.1) is 0 Å². The van der Waals surface area contributed by atoms with Crippen molar-refractivity contribution in [1.82, 2.24) is 9.80 Å². The fourth-order valence-electron chi connectivity index (χ4n) is 5.90. The molecule has 1 N–H and O–H groups in total. The van der Waals surface area contributed by atoms with Crippen LogP contribution in [0, 0.1) is 5.92 Å². The predicted octanol–water partition coefficient (Wildman–Crippen LogP) is 5.10. The molecule has 0 bridgehead atoms. The number of halogens is 3. The summed E-state index contributed by atoms with van der Waals surface area (Å²) in [6.07, 6.45) is -1.02. The summed E-state index contributed by atoms with van der Waals surface area (Å²) in [5.74, 6) is -1.22. The molecule has 2 aliphatic heterocycles. The summed E-state index contributed by atoms with van der Waals surface area (Å²) in [5, 5.41) is 10.9. The summed E-state index contributed by atoms with van der Waals surface area (Å²) in [6, 6.07) is 14.9. The standard InChI is InChI=1S/C29H36F3N3O/c1-33-14-15-35(20-27(36)19-34-13-12-21-4-2-3-5-24(21)17-34)18-25-7-6-23(16-28(25)33)22-8-10-26(11-9-22)29(30,31)32/h2-8,16,26-27,36H,9-15,17-20H2,1H3. The molecule has 0 aromatic heterocycles. The maximum Gasteiger partial charge on any atom is 0.392 e. The number of nitrogens with zero attached hydrogens (tertiary/aromatic N) is 3. The molecule has 0 saturated heterocycles. The Morgan fingerprint density at radius 3 is 2.36 bits per heavy atom. The van der Waals surface area contributed by atoms with E-state index in [9.17, 15) is 18.3 Å². The fraction of sp³-hybridized carbons (Fsp3) is 0.517. The van der Waals surface area contributed by atoms with Crippen molar-refractivity contribution >= 4 is 11.3 Å². The third-order valence-corrected chi connectivity index (χ3v) is 8.03. The van der Waals surface area contributed by atoms with E-state index in [4.69, 9.17) is 0 Å². The first-order chi connectivity index (χ1) is 17.3. The number of alkyl halides is 3. The van der Waals surface area contributed by atoms with E-state index in [-0.39, 0.29) is 12.8 Å². The number of rotatable bonds is 5. The van der Waals surface area contributed by atoms with Gasteiger partial charge in [0.15, 0.2) is 0 Å². The van der Waals surface area contributed by atoms with Crippen LogP contribution < -0.4 is 4.90 Å². The number of benzene rings is 2. The van der Waals surface area contributed by atoms with Crippen LogP contribution in [0.15, 0.2) is 48.5 Å². The van der Waals surface area contributed by atoms with Gasteiger partial charge in [-0.1, -0.05) is 42.5 Å². The van der Waals surface area contributed by atoms with Crippen molar-refractivity contribution in [1.29, 1.82) is 0 Å². The van der Waals surface area contributed by atoms with Gasteiger partial charge in [0.2, 0.25) is 0 Å². The summed E-state index contributed by atoms with van der Waals surface area (Å²) in [4.78, 5) is 6.89. The Morgan fingerprint density at radius 1 is 0.917 bits per heavy atom. The summed E-state index contributed by atoms with van der Waals surface area (Å²) in [5.41, 5.74) is 7.16. The summed E-state index contributed by atoms with van der Waals surface area (Å²) >= 11 is 0. The van der Waals surface area contributed by atoms with Crippen molar-refractivity contribution in [2.75, 3.05) is 44.7 Å². The van der Waals surface area contributed by atoms with E-state index in [0.717, 1.165) is 56.0 Å². The highest BCUT2D eigenvalue weighted by atomic mass is 19.4.